The van der Waals surface area contributed by atoms with Crippen molar-refractivity contribution >= 4 is 16.7 Å². The van der Waals surface area contributed by atoms with Crippen LogP contribution in [0.5, 0.6) is 23.0 Å². The molecular weight excluding hydrogens is 366 g/mol. The molecule has 0 radical (unpaired) electrons. The van der Waals surface area contributed by atoms with Gasteiger partial charge in [0.1, 0.15) is 0 Å². The number of rotatable bonds is 5. The van der Waals surface area contributed by atoms with Gasteiger partial charge in [-0.25, -0.2) is 4.79 Å². The van der Waals surface area contributed by atoms with Gasteiger partial charge in [0.25, 0.3) is 5.56 Å². The van der Waals surface area contributed by atoms with E-state index in [0.29, 0.717) is 17.1 Å². The summed E-state index contributed by atoms with van der Waals surface area (Å²) in [6.07, 6.45) is 0. The minimum Gasteiger partial charge on any atom is -0.504 e. The van der Waals surface area contributed by atoms with Gasteiger partial charge in [-0.1, -0.05) is 0 Å². The van der Waals surface area contributed by atoms with Crippen molar-refractivity contribution in [3.63, 3.8) is 0 Å². The number of ether oxygens (including phenoxy) is 3. The summed E-state index contributed by atoms with van der Waals surface area (Å²) < 4.78 is 16.8. The largest absolute Gasteiger partial charge is 0.504 e. The Morgan fingerprint density at radius 1 is 0.929 bits per heavy atom. The van der Waals surface area contributed by atoms with Crippen molar-refractivity contribution in [1.29, 1.82) is 0 Å². The van der Waals surface area contributed by atoms with E-state index in [0.717, 1.165) is 0 Å². The topological polar surface area (TPSA) is 107 Å². The van der Waals surface area contributed by atoms with Crippen LogP contribution in [0.1, 0.15) is 10.4 Å². The molecule has 3 aromatic rings. The van der Waals surface area contributed by atoms with Crippen LogP contribution in [0.4, 0.5) is 0 Å². The fourth-order valence-corrected chi connectivity index (χ4v) is 3.23. The molecule has 8 nitrogen and oxygen atoms in total. The summed E-state index contributed by atoms with van der Waals surface area (Å²) in [5.41, 5.74) is -0.00367. The number of carboxylic acid groups (broad SMARTS) is 1. The summed E-state index contributed by atoms with van der Waals surface area (Å²) in [6, 6.07) is 7.35. The highest BCUT2D eigenvalue weighted by Crippen LogP contribution is 2.37. The number of phenols is 1. The van der Waals surface area contributed by atoms with Crippen molar-refractivity contribution in [2.45, 2.75) is 0 Å². The first-order chi connectivity index (χ1) is 13.3. The fraction of sp³-hybridized carbons (Fsp3) is 0.200. The highest BCUT2D eigenvalue weighted by molar-refractivity contribution is 6.09. The van der Waals surface area contributed by atoms with Gasteiger partial charge in [-0.15, -0.1) is 0 Å². The average molecular weight is 385 g/mol. The van der Waals surface area contributed by atoms with Crippen molar-refractivity contribution in [2.75, 3.05) is 21.3 Å². The van der Waals surface area contributed by atoms with Crippen LogP contribution < -0.4 is 19.8 Å². The van der Waals surface area contributed by atoms with E-state index < -0.39 is 11.5 Å². The van der Waals surface area contributed by atoms with Crippen molar-refractivity contribution in [3.05, 3.63) is 46.2 Å². The van der Waals surface area contributed by atoms with Crippen LogP contribution in [0, 0.1) is 0 Å². The highest BCUT2D eigenvalue weighted by atomic mass is 16.5. The number of carboxylic acids is 1. The summed E-state index contributed by atoms with van der Waals surface area (Å²) in [5, 5.41) is 20.4. The number of hydrogen-bond acceptors (Lipinski definition) is 6. The summed E-state index contributed by atoms with van der Waals surface area (Å²) in [7, 11) is 5.73. The zero-order valence-electron chi connectivity index (χ0n) is 15.8. The molecule has 0 aliphatic carbocycles. The van der Waals surface area contributed by atoms with E-state index in [1.165, 1.54) is 57.2 Å². The lowest BCUT2D eigenvalue weighted by atomic mass is 9.98. The van der Waals surface area contributed by atoms with E-state index in [-0.39, 0.29) is 33.5 Å². The van der Waals surface area contributed by atoms with Crippen LogP contribution >= 0.6 is 0 Å². The molecule has 0 aliphatic rings. The van der Waals surface area contributed by atoms with Crippen LogP contribution in [0.15, 0.2) is 35.1 Å². The van der Waals surface area contributed by atoms with Crippen LogP contribution in [0.2, 0.25) is 0 Å². The zero-order valence-corrected chi connectivity index (χ0v) is 15.8. The first-order valence-electron chi connectivity index (χ1n) is 8.23. The smallest absolute Gasteiger partial charge is 0.338 e. The molecule has 0 fully saturated rings. The van der Waals surface area contributed by atoms with E-state index in [4.69, 9.17) is 14.2 Å². The number of aromatic nitrogens is 1. The number of benzene rings is 2. The van der Waals surface area contributed by atoms with Gasteiger partial charge in [0.05, 0.1) is 38.0 Å². The number of nitrogens with zero attached hydrogens (tertiary/aromatic N) is 1. The molecule has 0 atom stereocenters. The van der Waals surface area contributed by atoms with Gasteiger partial charge in [0.2, 0.25) is 0 Å². The first kappa shape index (κ1) is 19.1. The van der Waals surface area contributed by atoms with Crippen molar-refractivity contribution in [1.82, 2.24) is 4.57 Å². The van der Waals surface area contributed by atoms with Gasteiger partial charge < -0.3 is 29.0 Å². The van der Waals surface area contributed by atoms with Crippen LogP contribution in [-0.4, -0.2) is 42.1 Å². The number of aromatic carboxylic acids is 1. The second-order valence-electron chi connectivity index (χ2n) is 6.03. The molecule has 2 aromatic carbocycles. The Balaban J connectivity index is 2.48. The molecule has 0 aliphatic heterocycles. The molecule has 28 heavy (non-hydrogen) atoms. The maximum Gasteiger partial charge on any atom is 0.338 e. The predicted molar refractivity (Wildman–Crippen MR) is 103 cm³/mol. The third-order valence-electron chi connectivity index (χ3n) is 4.57. The predicted octanol–water partition coefficient (Wildman–Crippen LogP) is 2.64. The number of carbonyl (C=O) groups is 1. The molecule has 0 spiro atoms. The van der Waals surface area contributed by atoms with Crippen molar-refractivity contribution < 1.29 is 29.2 Å². The van der Waals surface area contributed by atoms with Crippen molar-refractivity contribution in [2.24, 2.45) is 7.05 Å². The maximum absolute atomic E-state index is 13.0. The quantitative estimate of drug-likeness (QED) is 0.695. The standard InChI is InChI=1S/C20H19NO7/c1-21-18(10-5-6-14(26-2)13(22)7-10)17(20(24)25)11-8-15(27-3)16(28-4)9-12(11)19(21)23/h5-9,22H,1-4H3,(H,24,25). The van der Waals surface area contributed by atoms with Crippen LogP contribution in [0.3, 0.4) is 0 Å². The third kappa shape index (κ3) is 2.88. The molecule has 2 N–H and O–H groups in total. The van der Waals surface area contributed by atoms with E-state index >= 15 is 0 Å². The average Bonchev–Trinajstić information content (AvgIpc) is 2.69. The van der Waals surface area contributed by atoms with Gasteiger partial charge in [-0.2, -0.15) is 0 Å². The van der Waals surface area contributed by atoms with Gasteiger partial charge >= 0.3 is 5.97 Å². The molecule has 0 bridgehead atoms. The highest BCUT2D eigenvalue weighted by Gasteiger charge is 2.24. The van der Waals surface area contributed by atoms with Gasteiger partial charge in [-0.3, -0.25) is 4.79 Å². The molecule has 8 heteroatoms. The zero-order chi connectivity index (χ0) is 20.6. The number of fused-ring (bicyclic) bond motifs is 1. The van der Waals surface area contributed by atoms with E-state index in [2.05, 4.69) is 0 Å². The lowest BCUT2D eigenvalue weighted by Crippen LogP contribution is -2.22. The van der Waals surface area contributed by atoms with E-state index in [1.807, 2.05) is 0 Å². The SMILES string of the molecule is COc1ccc(-c2c(C(=O)O)c3cc(OC)c(OC)cc3c(=O)n2C)cc1O. The number of hydrogen-bond donors (Lipinski definition) is 2. The summed E-state index contributed by atoms with van der Waals surface area (Å²) in [4.78, 5) is 25.1. The minimum absolute atomic E-state index is 0.0948. The van der Waals surface area contributed by atoms with E-state index in [1.54, 1.807) is 6.07 Å². The summed E-state index contributed by atoms with van der Waals surface area (Å²) >= 11 is 0. The molecule has 3 rings (SSSR count). The monoisotopic (exact) mass is 385 g/mol. The second kappa shape index (κ2) is 7.15. The van der Waals surface area contributed by atoms with Gasteiger partial charge in [0.15, 0.2) is 23.0 Å². The molecule has 146 valence electrons. The minimum atomic E-state index is -1.22. The fourth-order valence-electron chi connectivity index (χ4n) is 3.23. The molecule has 1 aromatic heterocycles. The molecule has 0 saturated heterocycles. The summed E-state index contributed by atoms with van der Waals surface area (Å²) in [6.45, 7) is 0. The van der Waals surface area contributed by atoms with Gasteiger partial charge in [-0.05, 0) is 30.3 Å². The maximum atomic E-state index is 13.0. The molecule has 0 unspecified atom stereocenters. The Morgan fingerprint density at radius 3 is 2.00 bits per heavy atom. The number of pyridine rings is 1. The van der Waals surface area contributed by atoms with Crippen LogP contribution in [0.25, 0.3) is 22.0 Å². The normalized spacial score (nSPS) is 10.7. The molecule has 0 saturated carbocycles. The molecule has 1 heterocycles. The lowest BCUT2D eigenvalue weighted by molar-refractivity contribution is 0.0699. The Labute approximate surface area is 160 Å². The van der Waals surface area contributed by atoms with Crippen LogP contribution in [-0.2, 0) is 7.05 Å². The lowest BCUT2D eigenvalue weighted by Gasteiger charge is -2.17. The third-order valence-corrected chi connectivity index (χ3v) is 4.57. The molecule has 0 amide bonds. The Morgan fingerprint density at radius 2 is 1.50 bits per heavy atom. The number of phenolic OH excluding ortho intramolecular Hbond substituents is 1. The van der Waals surface area contributed by atoms with Gasteiger partial charge in [0, 0.05) is 18.0 Å². The Kier molecular flexibility index (Phi) is 4.87. The summed E-state index contributed by atoms with van der Waals surface area (Å²) in [5.74, 6) is -0.542. The second-order valence-corrected chi connectivity index (χ2v) is 6.03. The first-order valence-corrected chi connectivity index (χ1v) is 8.23. The number of methoxy groups -OCH3 is 3. The molecular formula is C20H19NO7. The van der Waals surface area contributed by atoms with Crippen molar-refractivity contribution in [3.8, 4) is 34.3 Å². The Hall–Kier alpha value is -3.68. The number of aromatic hydroxyl groups is 1. The van der Waals surface area contributed by atoms with E-state index in [9.17, 15) is 19.8 Å². The Bertz CT molecular complexity index is 1150.